The van der Waals surface area contributed by atoms with Crippen LogP contribution in [0.1, 0.15) is 5.56 Å². The first-order chi connectivity index (χ1) is 13.2. The minimum Gasteiger partial charge on any atom is -0.496 e. The molecule has 0 spiro atoms. The van der Waals surface area contributed by atoms with E-state index in [1.165, 1.54) is 0 Å². The van der Waals surface area contributed by atoms with Crippen LogP contribution >= 0.6 is 0 Å². The fourth-order valence-electron chi connectivity index (χ4n) is 2.80. The van der Waals surface area contributed by atoms with Crippen LogP contribution in [-0.4, -0.2) is 19.6 Å². The number of carbonyl (C=O) groups excluding carboxylic acids is 1. The molecule has 0 saturated heterocycles. The van der Waals surface area contributed by atoms with Crippen molar-refractivity contribution < 1.29 is 14.3 Å². The molecule has 27 heavy (non-hydrogen) atoms. The average Bonchev–Trinajstić information content (AvgIpc) is 2.73. The molecule has 0 aromatic heterocycles. The van der Waals surface area contributed by atoms with Crippen molar-refractivity contribution >= 4 is 11.6 Å². The molecule has 0 aliphatic carbocycles. The van der Waals surface area contributed by atoms with Gasteiger partial charge in [-0.15, -0.1) is 0 Å². The summed E-state index contributed by atoms with van der Waals surface area (Å²) >= 11 is 0. The SMILES string of the molecule is COc1ccccc1CN(C(=O)CN)c1ccccc1Oc1ccccc1. The third kappa shape index (κ3) is 4.46. The predicted molar refractivity (Wildman–Crippen MR) is 106 cm³/mol. The number of benzene rings is 3. The monoisotopic (exact) mass is 362 g/mol. The molecule has 3 aromatic carbocycles. The number of anilines is 1. The third-order valence-electron chi connectivity index (χ3n) is 4.12. The smallest absolute Gasteiger partial charge is 0.241 e. The Labute approximate surface area is 158 Å². The largest absolute Gasteiger partial charge is 0.496 e. The molecule has 0 saturated carbocycles. The molecule has 2 N–H and O–H groups in total. The standard InChI is InChI=1S/C22H22N2O3/c1-26-20-13-7-5-9-17(20)16-24(22(25)15-23)19-12-6-8-14-21(19)27-18-10-3-2-4-11-18/h2-14H,15-16,23H2,1H3. The Balaban J connectivity index is 1.97. The molecule has 0 atom stereocenters. The zero-order valence-corrected chi connectivity index (χ0v) is 15.2. The first kappa shape index (κ1) is 18.5. The lowest BCUT2D eigenvalue weighted by Gasteiger charge is -2.25. The van der Waals surface area contributed by atoms with E-state index in [0.29, 0.717) is 29.5 Å². The van der Waals surface area contributed by atoms with Crippen molar-refractivity contribution in [2.45, 2.75) is 6.54 Å². The molecule has 0 unspecified atom stereocenters. The Morgan fingerprint density at radius 2 is 1.52 bits per heavy atom. The van der Waals surface area contributed by atoms with Crippen LogP contribution in [0.5, 0.6) is 17.2 Å². The number of methoxy groups -OCH3 is 1. The van der Waals surface area contributed by atoms with Crippen molar-refractivity contribution in [1.29, 1.82) is 0 Å². The van der Waals surface area contributed by atoms with Crippen LogP contribution < -0.4 is 20.1 Å². The number of amides is 1. The van der Waals surface area contributed by atoms with Gasteiger partial charge in [0.25, 0.3) is 0 Å². The van der Waals surface area contributed by atoms with Crippen LogP contribution in [0.3, 0.4) is 0 Å². The topological polar surface area (TPSA) is 64.8 Å². The van der Waals surface area contributed by atoms with Crippen LogP contribution in [0, 0.1) is 0 Å². The molecule has 0 bridgehead atoms. The molecule has 1 amide bonds. The first-order valence-electron chi connectivity index (χ1n) is 8.67. The fourth-order valence-corrected chi connectivity index (χ4v) is 2.80. The van der Waals surface area contributed by atoms with E-state index in [-0.39, 0.29) is 12.5 Å². The van der Waals surface area contributed by atoms with E-state index in [9.17, 15) is 4.79 Å². The maximum atomic E-state index is 12.6. The van der Waals surface area contributed by atoms with E-state index in [2.05, 4.69) is 0 Å². The number of rotatable bonds is 7. The van der Waals surface area contributed by atoms with Gasteiger partial charge in [0.15, 0.2) is 5.75 Å². The van der Waals surface area contributed by atoms with Crippen molar-refractivity contribution in [2.24, 2.45) is 5.73 Å². The molecule has 3 aromatic rings. The minimum absolute atomic E-state index is 0.102. The average molecular weight is 362 g/mol. The molecular formula is C22H22N2O3. The number of ether oxygens (including phenoxy) is 2. The summed E-state index contributed by atoms with van der Waals surface area (Å²) in [6, 6.07) is 24.5. The maximum Gasteiger partial charge on any atom is 0.241 e. The zero-order chi connectivity index (χ0) is 19.1. The lowest BCUT2D eigenvalue weighted by molar-refractivity contribution is -0.117. The molecule has 138 valence electrons. The molecule has 3 rings (SSSR count). The number of para-hydroxylation sites is 4. The lowest BCUT2D eigenvalue weighted by Crippen LogP contribution is -2.35. The van der Waals surface area contributed by atoms with Crippen molar-refractivity contribution in [3.63, 3.8) is 0 Å². The van der Waals surface area contributed by atoms with Gasteiger partial charge in [-0.1, -0.05) is 48.5 Å². The summed E-state index contributed by atoms with van der Waals surface area (Å²) in [7, 11) is 1.61. The van der Waals surface area contributed by atoms with E-state index in [1.54, 1.807) is 12.0 Å². The van der Waals surface area contributed by atoms with Gasteiger partial charge in [0, 0.05) is 5.56 Å². The van der Waals surface area contributed by atoms with Gasteiger partial charge in [-0.3, -0.25) is 4.79 Å². The van der Waals surface area contributed by atoms with Gasteiger partial charge in [0.05, 0.1) is 25.9 Å². The second-order valence-electron chi connectivity index (χ2n) is 5.88. The van der Waals surface area contributed by atoms with Gasteiger partial charge in [-0.25, -0.2) is 0 Å². The van der Waals surface area contributed by atoms with Crippen LogP contribution in [0.4, 0.5) is 5.69 Å². The second-order valence-corrected chi connectivity index (χ2v) is 5.88. The Hall–Kier alpha value is -3.31. The zero-order valence-electron chi connectivity index (χ0n) is 15.2. The fraction of sp³-hybridized carbons (Fsp3) is 0.136. The van der Waals surface area contributed by atoms with E-state index in [1.807, 2.05) is 78.9 Å². The van der Waals surface area contributed by atoms with Crippen molar-refractivity contribution in [3.8, 4) is 17.2 Å². The molecule has 5 nitrogen and oxygen atoms in total. The van der Waals surface area contributed by atoms with Gasteiger partial charge in [0.1, 0.15) is 11.5 Å². The maximum absolute atomic E-state index is 12.6. The van der Waals surface area contributed by atoms with E-state index >= 15 is 0 Å². The molecule has 0 heterocycles. The summed E-state index contributed by atoms with van der Waals surface area (Å²) in [5, 5.41) is 0. The molecular weight excluding hydrogens is 340 g/mol. The third-order valence-corrected chi connectivity index (χ3v) is 4.12. The van der Waals surface area contributed by atoms with Gasteiger partial charge < -0.3 is 20.1 Å². The Kier molecular flexibility index (Phi) is 6.07. The number of hydrogen-bond donors (Lipinski definition) is 1. The van der Waals surface area contributed by atoms with Crippen LogP contribution in [0.15, 0.2) is 78.9 Å². The minimum atomic E-state index is -0.204. The van der Waals surface area contributed by atoms with Gasteiger partial charge >= 0.3 is 0 Å². The molecule has 0 aliphatic rings. The van der Waals surface area contributed by atoms with E-state index in [0.717, 1.165) is 5.56 Å². The highest BCUT2D eigenvalue weighted by molar-refractivity contribution is 5.96. The Bertz CT molecular complexity index is 897. The number of carbonyl (C=O) groups is 1. The van der Waals surface area contributed by atoms with E-state index < -0.39 is 0 Å². The first-order valence-corrected chi connectivity index (χ1v) is 8.67. The lowest BCUT2D eigenvalue weighted by atomic mass is 10.1. The van der Waals surface area contributed by atoms with Gasteiger partial charge in [-0.05, 0) is 30.3 Å². The van der Waals surface area contributed by atoms with Gasteiger partial charge in [0.2, 0.25) is 5.91 Å². The summed E-state index contributed by atoms with van der Waals surface area (Å²) in [4.78, 5) is 14.2. The molecule has 0 fully saturated rings. The Morgan fingerprint density at radius 3 is 2.22 bits per heavy atom. The van der Waals surface area contributed by atoms with Crippen molar-refractivity contribution in [3.05, 3.63) is 84.4 Å². The normalized spacial score (nSPS) is 10.3. The summed E-state index contributed by atoms with van der Waals surface area (Å²) in [5.41, 5.74) is 7.21. The quantitative estimate of drug-likeness (QED) is 0.690. The number of hydrogen-bond acceptors (Lipinski definition) is 4. The van der Waals surface area contributed by atoms with Crippen LogP contribution in [-0.2, 0) is 11.3 Å². The van der Waals surface area contributed by atoms with Crippen molar-refractivity contribution in [2.75, 3.05) is 18.6 Å². The van der Waals surface area contributed by atoms with Crippen LogP contribution in [0.25, 0.3) is 0 Å². The summed E-state index contributed by atoms with van der Waals surface area (Å²) < 4.78 is 11.4. The highest BCUT2D eigenvalue weighted by atomic mass is 16.5. The number of nitrogens with zero attached hydrogens (tertiary/aromatic N) is 1. The molecule has 0 radical (unpaired) electrons. The Morgan fingerprint density at radius 1 is 0.889 bits per heavy atom. The van der Waals surface area contributed by atoms with Crippen LogP contribution in [0.2, 0.25) is 0 Å². The summed E-state index contributed by atoms with van der Waals surface area (Å²) in [6.45, 7) is 0.226. The predicted octanol–water partition coefficient (Wildman–Crippen LogP) is 3.98. The van der Waals surface area contributed by atoms with E-state index in [4.69, 9.17) is 15.2 Å². The molecule has 0 aliphatic heterocycles. The second kappa shape index (κ2) is 8.87. The van der Waals surface area contributed by atoms with Gasteiger partial charge in [-0.2, -0.15) is 0 Å². The molecule has 5 heteroatoms. The highest BCUT2D eigenvalue weighted by Gasteiger charge is 2.20. The highest BCUT2D eigenvalue weighted by Crippen LogP contribution is 2.34. The summed E-state index contributed by atoms with van der Waals surface area (Å²) in [6.07, 6.45) is 0. The number of nitrogens with two attached hydrogens (primary N) is 1. The van der Waals surface area contributed by atoms with Crippen molar-refractivity contribution in [1.82, 2.24) is 0 Å². The summed E-state index contributed by atoms with van der Waals surface area (Å²) in [5.74, 6) is 1.79.